The van der Waals surface area contributed by atoms with E-state index in [0.717, 1.165) is 37.5 Å². The van der Waals surface area contributed by atoms with Gasteiger partial charge < -0.3 is 19.5 Å². The molecule has 0 spiro atoms. The Morgan fingerprint density at radius 2 is 1.79 bits per heavy atom. The number of aromatic nitrogens is 1. The zero-order valence-corrected chi connectivity index (χ0v) is 19.3. The van der Waals surface area contributed by atoms with Crippen molar-refractivity contribution in [3.8, 4) is 17.2 Å². The summed E-state index contributed by atoms with van der Waals surface area (Å²) in [5, 5.41) is 10.8. The third kappa shape index (κ3) is 4.22. The van der Waals surface area contributed by atoms with E-state index in [-0.39, 0.29) is 17.3 Å². The minimum atomic E-state index is -0.158. The number of benzene rings is 2. The molecule has 0 unspecified atom stereocenters. The fraction of sp³-hybridized carbons (Fsp3) is 0.259. The number of ether oxygens (including phenoxy) is 2. The predicted molar refractivity (Wildman–Crippen MR) is 131 cm³/mol. The Morgan fingerprint density at radius 3 is 2.47 bits per heavy atom. The van der Waals surface area contributed by atoms with Gasteiger partial charge in [0.15, 0.2) is 5.76 Å². The molecule has 1 N–H and O–H groups in total. The first-order valence-corrected chi connectivity index (χ1v) is 11.3. The molecule has 174 valence electrons. The van der Waals surface area contributed by atoms with E-state index in [9.17, 15) is 9.90 Å². The molecule has 0 aliphatic carbocycles. The van der Waals surface area contributed by atoms with Crippen LogP contribution in [0.2, 0.25) is 0 Å². The Kier molecular flexibility index (Phi) is 5.94. The number of carbonyl (C=O) groups is 1. The van der Waals surface area contributed by atoms with Gasteiger partial charge in [-0.2, -0.15) is 0 Å². The van der Waals surface area contributed by atoms with Crippen molar-refractivity contribution in [3.63, 3.8) is 0 Å². The highest BCUT2D eigenvalue weighted by molar-refractivity contribution is 6.15. The molecule has 7 nitrogen and oxygen atoms in total. The van der Waals surface area contributed by atoms with E-state index in [1.54, 1.807) is 31.6 Å². The number of aromatic hydroxyl groups is 1. The molecule has 2 aliphatic heterocycles. The number of carbonyl (C=O) groups excluding carboxylic acids is 1. The van der Waals surface area contributed by atoms with Gasteiger partial charge in [-0.1, -0.05) is 0 Å². The van der Waals surface area contributed by atoms with Crippen LogP contribution < -0.4 is 14.4 Å². The van der Waals surface area contributed by atoms with Crippen LogP contribution in [0.1, 0.15) is 27.0 Å². The number of phenolic OH excluding ortho intramolecular Hbond substituents is 1. The normalized spacial score (nSPS) is 17.1. The minimum Gasteiger partial charge on any atom is -0.507 e. The van der Waals surface area contributed by atoms with Gasteiger partial charge >= 0.3 is 0 Å². The first kappa shape index (κ1) is 22.0. The van der Waals surface area contributed by atoms with Crippen molar-refractivity contribution in [2.75, 3.05) is 38.2 Å². The van der Waals surface area contributed by atoms with Gasteiger partial charge in [-0.05, 0) is 66.6 Å². The number of hydrogen-bond acceptors (Lipinski definition) is 7. The monoisotopic (exact) mass is 457 g/mol. The predicted octanol–water partition coefficient (Wildman–Crippen LogP) is 4.04. The van der Waals surface area contributed by atoms with E-state index in [2.05, 4.69) is 26.9 Å². The summed E-state index contributed by atoms with van der Waals surface area (Å²) in [6.07, 6.45) is 5.07. The van der Waals surface area contributed by atoms with E-state index in [4.69, 9.17) is 9.47 Å². The minimum absolute atomic E-state index is 0.158. The van der Waals surface area contributed by atoms with E-state index in [0.29, 0.717) is 29.0 Å². The van der Waals surface area contributed by atoms with E-state index in [1.165, 1.54) is 5.69 Å². The number of fused-ring (bicyclic) bond motifs is 1. The van der Waals surface area contributed by atoms with Crippen LogP contribution in [0.3, 0.4) is 0 Å². The lowest BCUT2D eigenvalue weighted by Gasteiger charge is -2.36. The third-order valence-corrected chi connectivity index (χ3v) is 6.42. The van der Waals surface area contributed by atoms with Crippen LogP contribution >= 0.6 is 0 Å². The lowest BCUT2D eigenvalue weighted by Crippen LogP contribution is -2.46. The fourth-order valence-corrected chi connectivity index (χ4v) is 4.52. The number of Topliss-reactive ketones (excluding diaryl/α,β-unsaturated/α-hetero) is 1. The lowest BCUT2D eigenvalue weighted by atomic mass is 9.99. The van der Waals surface area contributed by atoms with Crippen molar-refractivity contribution in [1.82, 2.24) is 9.88 Å². The highest BCUT2D eigenvalue weighted by Gasteiger charge is 2.34. The van der Waals surface area contributed by atoms with Crippen LogP contribution in [0.5, 0.6) is 17.2 Å². The van der Waals surface area contributed by atoms with Gasteiger partial charge in [-0.3, -0.25) is 14.7 Å². The molecule has 2 aromatic carbocycles. The molecule has 2 aliphatic rings. The summed E-state index contributed by atoms with van der Waals surface area (Å²) in [6, 6.07) is 13.4. The van der Waals surface area contributed by atoms with Crippen LogP contribution in [0.25, 0.3) is 6.08 Å². The molecule has 3 heterocycles. The van der Waals surface area contributed by atoms with E-state index >= 15 is 0 Å². The van der Waals surface area contributed by atoms with Crippen LogP contribution in [-0.4, -0.2) is 54.1 Å². The van der Waals surface area contributed by atoms with Crippen LogP contribution in [0.15, 0.2) is 60.6 Å². The standard InChI is InChI=1S/C27H27N3O4/c1-18-15-23(31)22(27-25(18)26(32)24(34-27)16-19-7-9-28-10-8-19)17-29-11-13-30(14-12-29)20-3-5-21(33-2)6-4-20/h3-10,15-16,31H,11-14,17H2,1-2H3/b24-16-. The quantitative estimate of drug-likeness (QED) is 0.580. The Labute approximate surface area is 198 Å². The molecular formula is C27H27N3O4. The number of methoxy groups -OCH3 is 1. The average Bonchev–Trinajstić information content (AvgIpc) is 3.19. The van der Waals surface area contributed by atoms with Crippen LogP contribution in [-0.2, 0) is 6.54 Å². The summed E-state index contributed by atoms with van der Waals surface area (Å²) in [7, 11) is 1.67. The molecule has 3 aromatic rings. The molecule has 0 saturated carbocycles. The smallest absolute Gasteiger partial charge is 0.232 e. The number of ketones is 1. The Hall–Kier alpha value is -3.84. The second-order valence-electron chi connectivity index (χ2n) is 8.58. The first-order valence-electron chi connectivity index (χ1n) is 11.3. The summed E-state index contributed by atoms with van der Waals surface area (Å²) in [6.45, 7) is 5.75. The van der Waals surface area contributed by atoms with Gasteiger partial charge in [0.2, 0.25) is 5.78 Å². The number of hydrogen-bond donors (Lipinski definition) is 1. The molecule has 1 saturated heterocycles. The number of allylic oxidation sites excluding steroid dienone is 1. The molecule has 1 fully saturated rings. The number of rotatable bonds is 5. The largest absolute Gasteiger partial charge is 0.507 e. The number of phenols is 1. The number of piperazine rings is 1. The Morgan fingerprint density at radius 1 is 1.09 bits per heavy atom. The summed E-state index contributed by atoms with van der Waals surface area (Å²) in [4.78, 5) is 21.7. The second kappa shape index (κ2) is 9.19. The zero-order valence-electron chi connectivity index (χ0n) is 19.3. The lowest BCUT2D eigenvalue weighted by molar-refractivity contribution is 0.101. The SMILES string of the molecule is COc1ccc(N2CCN(Cc3c(O)cc(C)c4c3O/C(=C\c3ccncc3)C4=O)CC2)cc1. The van der Waals surface area contributed by atoms with Gasteiger partial charge in [0.05, 0.1) is 18.2 Å². The number of aryl methyl sites for hydroxylation is 1. The molecule has 0 atom stereocenters. The number of nitrogens with zero attached hydrogens (tertiary/aromatic N) is 3. The molecular weight excluding hydrogens is 430 g/mol. The maximum absolute atomic E-state index is 13.1. The maximum Gasteiger partial charge on any atom is 0.232 e. The molecule has 1 aromatic heterocycles. The molecule has 0 radical (unpaired) electrons. The Bertz CT molecular complexity index is 1230. The van der Waals surface area contributed by atoms with Gasteiger partial charge in [0.25, 0.3) is 0 Å². The van der Waals surface area contributed by atoms with E-state index in [1.807, 2.05) is 31.2 Å². The van der Waals surface area contributed by atoms with E-state index < -0.39 is 0 Å². The van der Waals surface area contributed by atoms with Crippen molar-refractivity contribution in [2.45, 2.75) is 13.5 Å². The van der Waals surface area contributed by atoms with Gasteiger partial charge in [-0.15, -0.1) is 0 Å². The van der Waals surface area contributed by atoms with Crippen molar-refractivity contribution >= 4 is 17.5 Å². The summed E-state index contributed by atoms with van der Waals surface area (Å²) >= 11 is 0. The average molecular weight is 458 g/mol. The maximum atomic E-state index is 13.1. The van der Waals surface area contributed by atoms with Gasteiger partial charge in [-0.25, -0.2) is 0 Å². The Balaban J connectivity index is 1.33. The van der Waals surface area contributed by atoms with Crippen molar-refractivity contribution < 1.29 is 19.4 Å². The number of pyridine rings is 1. The molecule has 0 amide bonds. The van der Waals surface area contributed by atoms with Gasteiger partial charge in [0.1, 0.15) is 17.2 Å². The third-order valence-electron chi connectivity index (χ3n) is 6.42. The molecule has 0 bridgehead atoms. The molecule has 7 heteroatoms. The van der Waals surface area contributed by atoms with Crippen molar-refractivity contribution in [2.24, 2.45) is 0 Å². The highest BCUT2D eigenvalue weighted by atomic mass is 16.5. The topological polar surface area (TPSA) is 75.1 Å². The van der Waals surface area contributed by atoms with Crippen LogP contribution in [0, 0.1) is 6.92 Å². The summed E-state index contributed by atoms with van der Waals surface area (Å²) in [5.41, 5.74) is 3.90. The summed E-state index contributed by atoms with van der Waals surface area (Å²) in [5.74, 6) is 1.58. The second-order valence-corrected chi connectivity index (χ2v) is 8.58. The highest BCUT2D eigenvalue weighted by Crippen LogP contribution is 2.42. The first-order chi connectivity index (χ1) is 16.5. The summed E-state index contributed by atoms with van der Waals surface area (Å²) < 4.78 is 11.3. The zero-order chi connectivity index (χ0) is 23.7. The van der Waals surface area contributed by atoms with Crippen LogP contribution in [0.4, 0.5) is 5.69 Å². The fourth-order valence-electron chi connectivity index (χ4n) is 4.52. The van der Waals surface area contributed by atoms with Crippen molar-refractivity contribution in [3.05, 3.63) is 82.9 Å². The van der Waals surface area contributed by atoms with Gasteiger partial charge in [0, 0.05) is 50.8 Å². The molecule has 5 rings (SSSR count). The number of anilines is 1. The van der Waals surface area contributed by atoms with Crippen molar-refractivity contribution in [1.29, 1.82) is 0 Å². The molecule has 34 heavy (non-hydrogen) atoms.